The van der Waals surface area contributed by atoms with Crippen molar-refractivity contribution in [1.82, 2.24) is 0 Å². The van der Waals surface area contributed by atoms with Gasteiger partial charge in [0.1, 0.15) is 0 Å². The van der Waals surface area contributed by atoms with Crippen LogP contribution in [0.2, 0.25) is 0 Å². The highest BCUT2D eigenvalue weighted by Gasteiger charge is 2.19. The molecule has 0 heterocycles. The van der Waals surface area contributed by atoms with Crippen molar-refractivity contribution in [3.8, 4) is 17.2 Å². The topological polar surface area (TPSA) is 82.8 Å². The summed E-state index contributed by atoms with van der Waals surface area (Å²) >= 11 is 0. The van der Waals surface area contributed by atoms with E-state index >= 15 is 0 Å². The second kappa shape index (κ2) is 8.99. The Morgan fingerprint density at radius 2 is 1.58 bits per heavy atom. The minimum atomic E-state index is -0.274. The van der Waals surface area contributed by atoms with Crippen molar-refractivity contribution in [1.29, 1.82) is 0 Å². The van der Waals surface area contributed by atoms with Gasteiger partial charge in [-0.2, -0.15) is 0 Å². The minimum Gasteiger partial charge on any atom is -0.490 e. The quantitative estimate of drug-likeness (QED) is 0.696. The Labute approximate surface area is 154 Å². The van der Waals surface area contributed by atoms with Crippen LogP contribution in [-0.4, -0.2) is 25.7 Å². The number of hydrogen-bond donors (Lipinski definition) is 2. The normalized spacial score (nSPS) is 10.3. The molecule has 0 aromatic heterocycles. The fraction of sp³-hybridized carbons (Fsp3) is 0.350. The third-order valence-corrected chi connectivity index (χ3v) is 3.80. The highest BCUT2D eigenvalue weighted by molar-refractivity contribution is 6.05. The first-order valence-electron chi connectivity index (χ1n) is 8.74. The largest absolute Gasteiger partial charge is 0.490 e. The van der Waals surface area contributed by atoms with Gasteiger partial charge in [-0.15, -0.1) is 0 Å². The lowest BCUT2D eigenvalue weighted by Gasteiger charge is -2.17. The summed E-state index contributed by atoms with van der Waals surface area (Å²) in [6.45, 7) is 8.86. The molecule has 0 saturated heterocycles. The molecule has 3 N–H and O–H groups in total. The molecule has 0 unspecified atom stereocenters. The zero-order chi connectivity index (χ0) is 19.1. The van der Waals surface area contributed by atoms with Gasteiger partial charge in [-0.05, 0) is 57.5 Å². The number of amides is 1. The van der Waals surface area contributed by atoms with E-state index in [1.54, 1.807) is 24.3 Å². The van der Waals surface area contributed by atoms with Gasteiger partial charge in [0, 0.05) is 16.9 Å². The molecular formula is C20H26N2O4. The van der Waals surface area contributed by atoms with Crippen molar-refractivity contribution >= 4 is 17.3 Å². The van der Waals surface area contributed by atoms with E-state index in [0.717, 1.165) is 5.56 Å². The number of carbonyl (C=O) groups is 1. The van der Waals surface area contributed by atoms with E-state index in [1.807, 2.05) is 33.8 Å². The average molecular weight is 358 g/mol. The lowest BCUT2D eigenvalue weighted by Crippen LogP contribution is -2.14. The molecule has 6 nitrogen and oxygen atoms in total. The second-order valence-electron chi connectivity index (χ2n) is 5.57. The SMILES string of the molecule is CCOc1cc(C(=O)Nc2cccc(N)c2C)cc(OCC)c1OCC. The summed E-state index contributed by atoms with van der Waals surface area (Å²) in [5.74, 6) is 1.20. The molecule has 0 aliphatic rings. The first-order chi connectivity index (χ1) is 12.5. The van der Waals surface area contributed by atoms with E-state index in [1.165, 1.54) is 0 Å². The maximum absolute atomic E-state index is 12.8. The Balaban J connectivity index is 2.40. The summed E-state index contributed by atoms with van der Waals surface area (Å²) in [5.41, 5.74) is 8.44. The van der Waals surface area contributed by atoms with Crippen molar-refractivity contribution in [2.24, 2.45) is 0 Å². The van der Waals surface area contributed by atoms with E-state index in [9.17, 15) is 4.79 Å². The van der Waals surface area contributed by atoms with Crippen LogP contribution in [0.1, 0.15) is 36.7 Å². The molecule has 2 rings (SSSR count). The summed E-state index contributed by atoms with van der Waals surface area (Å²) in [6, 6.07) is 8.72. The van der Waals surface area contributed by atoms with Gasteiger partial charge in [0.25, 0.3) is 5.91 Å². The zero-order valence-electron chi connectivity index (χ0n) is 15.7. The summed E-state index contributed by atoms with van der Waals surface area (Å²) in [7, 11) is 0. The van der Waals surface area contributed by atoms with Crippen LogP contribution in [0, 0.1) is 6.92 Å². The predicted octanol–water partition coefficient (Wildman–Crippen LogP) is 4.03. The highest BCUT2D eigenvalue weighted by atomic mass is 16.5. The Morgan fingerprint density at radius 3 is 2.12 bits per heavy atom. The summed E-state index contributed by atoms with van der Waals surface area (Å²) in [4.78, 5) is 12.8. The zero-order valence-corrected chi connectivity index (χ0v) is 15.7. The van der Waals surface area contributed by atoms with Crippen molar-refractivity contribution in [3.05, 3.63) is 41.5 Å². The van der Waals surface area contributed by atoms with Gasteiger partial charge in [0.05, 0.1) is 19.8 Å². The maximum Gasteiger partial charge on any atom is 0.255 e. The number of nitrogens with one attached hydrogen (secondary N) is 1. The van der Waals surface area contributed by atoms with Gasteiger partial charge < -0.3 is 25.3 Å². The molecule has 2 aromatic rings. The van der Waals surface area contributed by atoms with Crippen LogP contribution < -0.4 is 25.3 Å². The van der Waals surface area contributed by atoms with Gasteiger partial charge >= 0.3 is 0 Å². The molecule has 2 aromatic carbocycles. The lowest BCUT2D eigenvalue weighted by molar-refractivity contribution is 0.102. The predicted molar refractivity (Wildman–Crippen MR) is 103 cm³/mol. The molecule has 0 saturated carbocycles. The van der Waals surface area contributed by atoms with Crippen LogP contribution >= 0.6 is 0 Å². The smallest absolute Gasteiger partial charge is 0.255 e. The van der Waals surface area contributed by atoms with Crippen LogP contribution in [-0.2, 0) is 0 Å². The van der Waals surface area contributed by atoms with Crippen LogP contribution in [0.25, 0.3) is 0 Å². The molecular weight excluding hydrogens is 332 g/mol. The molecule has 0 spiro atoms. The highest BCUT2D eigenvalue weighted by Crippen LogP contribution is 2.39. The molecule has 0 fully saturated rings. The second-order valence-corrected chi connectivity index (χ2v) is 5.57. The number of hydrogen-bond acceptors (Lipinski definition) is 5. The van der Waals surface area contributed by atoms with Gasteiger partial charge in [0.2, 0.25) is 5.75 Å². The fourth-order valence-electron chi connectivity index (χ4n) is 2.50. The molecule has 0 atom stereocenters. The maximum atomic E-state index is 12.8. The Hall–Kier alpha value is -2.89. The third kappa shape index (κ3) is 4.39. The van der Waals surface area contributed by atoms with E-state index in [-0.39, 0.29) is 5.91 Å². The number of nitrogen functional groups attached to an aromatic ring is 1. The van der Waals surface area contributed by atoms with Gasteiger partial charge in [-0.3, -0.25) is 4.79 Å². The molecule has 0 radical (unpaired) electrons. The molecule has 0 aliphatic carbocycles. The van der Waals surface area contributed by atoms with Crippen molar-refractivity contribution in [2.75, 3.05) is 30.9 Å². The standard InChI is InChI=1S/C20H26N2O4/c1-5-24-17-11-14(12-18(25-6-2)19(17)26-7-3)20(23)22-16-10-8-9-15(21)13(16)4/h8-12H,5-7,21H2,1-4H3,(H,22,23). The molecule has 140 valence electrons. The van der Waals surface area contributed by atoms with Crippen LogP contribution in [0.5, 0.6) is 17.2 Å². The lowest BCUT2D eigenvalue weighted by atomic mass is 10.1. The van der Waals surface area contributed by atoms with Crippen LogP contribution in [0.4, 0.5) is 11.4 Å². The average Bonchev–Trinajstić information content (AvgIpc) is 2.61. The van der Waals surface area contributed by atoms with E-state index in [4.69, 9.17) is 19.9 Å². The Kier molecular flexibility index (Phi) is 6.72. The third-order valence-electron chi connectivity index (χ3n) is 3.80. The van der Waals surface area contributed by atoms with E-state index in [2.05, 4.69) is 5.32 Å². The van der Waals surface area contributed by atoms with Gasteiger partial charge in [0.15, 0.2) is 11.5 Å². The van der Waals surface area contributed by atoms with Gasteiger partial charge in [-0.25, -0.2) is 0 Å². The van der Waals surface area contributed by atoms with Crippen LogP contribution in [0.15, 0.2) is 30.3 Å². The molecule has 6 heteroatoms. The van der Waals surface area contributed by atoms with Gasteiger partial charge in [-0.1, -0.05) is 6.07 Å². The van der Waals surface area contributed by atoms with Crippen molar-refractivity contribution < 1.29 is 19.0 Å². The fourth-order valence-corrected chi connectivity index (χ4v) is 2.50. The number of nitrogens with two attached hydrogens (primary N) is 1. The summed E-state index contributed by atoms with van der Waals surface area (Å²) in [5, 5.41) is 2.89. The van der Waals surface area contributed by atoms with E-state index in [0.29, 0.717) is 54.0 Å². The first-order valence-corrected chi connectivity index (χ1v) is 8.74. The Bertz CT molecular complexity index is 747. The summed E-state index contributed by atoms with van der Waals surface area (Å²) in [6.07, 6.45) is 0. The number of carbonyl (C=O) groups excluding carboxylic acids is 1. The van der Waals surface area contributed by atoms with Crippen molar-refractivity contribution in [2.45, 2.75) is 27.7 Å². The first kappa shape index (κ1) is 19.4. The van der Waals surface area contributed by atoms with Crippen molar-refractivity contribution in [3.63, 3.8) is 0 Å². The number of benzene rings is 2. The number of anilines is 2. The number of rotatable bonds is 8. The molecule has 1 amide bonds. The monoisotopic (exact) mass is 358 g/mol. The molecule has 26 heavy (non-hydrogen) atoms. The molecule has 0 aliphatic heterocycles. The van der Waals surface area contributed by atoms with Crippen LogP contribution in [0.3, 0.4) is 0 Å². The Morgan fingerprint density at radius 1 is 1.00 bits per heavy atom. The molecule has 0 bridgehead atoms. The summed E-state index contributed by atoms with van der Waals surface area (Å²) < 4.78 is 17.0. The number of ether oxygens (including phenoxy) is 3. The van der Waals surface area contributed by atoms with E-state index < -0.39 is 0 Å². The minimum absolute atomic E-state index is 0.274.